The molecule has 11 nitrogen and oxygen atoms in total. The van der Waals surface area contributed by atoms with Crippen molar-refractivity contribution in [3.8, 4) is 11.6 Å². The number of rotatable bonds is 9. The van der Waals surface area contributed by atoms with Gasteiger partial charge in [-0.1, -0.05) is 42.5 Å². The third kappa shape index (κ3) is 6.75. The molecule has 210 valence electrons. The van der Waals surface area contributed by atoms with Gasteiger partial charge in [-0.05, 0) is 44.0 Å². The van der Waals surface area contributed by atoms with Gasteiger partial charge in [0.1, 0.15) is 36.8 Å². The van der Waals surface area contributed by atoms with Crippen molar-refractivity contribution >= 4 is 6.09 Å². The summed E-state index contributed by atoms with van der Waals surface area (Å²) in [6, 6.07) is 16.6. The van der Waals surface area contributed by atoms with Crippen molar-refractivity contribution in [1.29, 1.82) is 0 Å². The van der Waals surface area contributed by atoms with Crippen molar-refractivity contribution in [2.24, 2.45) is 0 Å². The quantitative estimate of drug-likeness (QED) is 0.316. The Balaban J connectivity index is 1.61. The standard InChI is InChI=1S/C28H34N2O9/c1-16(2)37-20-11-9-18(10-12-20)13-21-17(3)30(28(35)36-15-19-7-5-4-6-8-19)29-26(21)39-27-25(34)24(33)23(32)22(14-31)38-27/h4-12,16,22-25,27,31-34H,13-15H2,1-3H3/t22-,23-,24+,25-,27+/m1/s1. The number of carbonyl (C=O) groups is 1. The van der Waals surface area contributed by atoms with Gasteiger partial charge in [-0.3, -0.25) is 0 Å². The molecule has 2 heterocycles. The van der Waals surface area contributed by atoms with Crippen molar-refractivity contribution in [3.63, 3.8) is 0 Å². The predicted molar refractivity (Wildman–Crippen MR) is 138 cm³/mol. The average molecular weight is 543 g/mol. The van der Waals surface area contributed by atoms with Crippen molar-refractivity contribution in [2.75, 3.05) is 6.61 Å². The SMILES string of the molecule is Cc1c(Cc2ccc(OC(C)C)cc2)c(O[C@@H]2O[C@H](CO)[C@@H](O)[C@H](O)[C@H]2O)nn1C(=O)OCc1ccccc1. The molecule has 39 heavy (non-hydrogen) atoms. The second kappa shape index (κ2) is 12.6. The second-order valence-corrected chi connectivity index (χ2v) is 9.62. The Labute approximate surface area is 226 Å². The lowest BCUT2D eigenvalue weighted by atomic mass is 9.99. The first kappa shape index (κ1) is 28.5. The number of hydrogen-bond donors (Lipinski definition) is 4. The van der Waals surface area contributed by atoms with E-state index < -0.39 is 43.4 Å². The van der Waals surface area contributed by atoms with Gasteiger partial charge in [-0.2, -0.15) is 4.68 Å². The Morgan fingerprint density at radius 2 is 1.69 bits per heavy atom. The maximum Gasteiger partial charge on any atom is 0.435 e. The first-order chi connectivity index (χ1) is 18.7. The molecule has 0 aliphatic carbocycles. The molecule has 1 aromatic heterocycles. The molecule has 1 fully saturated rings. The summed E-state index contributed by atoms with van der Waals surface area (Å²) in [6.45, 7) is 4.98. The number of hydrogen-bond acceptors (Lipinski definition) is 10. The Morgan fingerprint density at radius 3 is 2.33 bits per heavy atom. The van der Waals surface area contributed by atoms with Crippen LogP contribution in [0.5, 0.6) is 11.6 Å². The Bertz CT molecular complexity index is 1230. The number of nitrogens with zero attached hydrogens (tertiary/aromatic N) is 2. The van der Waals surface area contributed by atoms with Gasteiger partial charge in [0, 0.05) is 12.0 Å². The number of ether oxygens (including phenoxy) is 4. The van der Waals surface area contributed by atoms with Gasteiger partial charge in [-0.25, -0.2) is 4.79 Å². The molecule has 1 saturated heterocycles. The largest absolute Gasteiger partial charge is 0.491 e. The average Bonchev–Trinajstić information content (AvgIpc) is 3.23. The van der Waals surface area contributed by atoms with Crippen molar-refractivity contribution < 1.29 is 44.2 Å². The van der Waals surface area contributed by atoms with E-state index in [2.05, 4.69) is 5.10 Å². The van der Waals surface area contributed by atoms with Gasteiger partial charge in [0.25, 0.3) is 0 Å². The Kier molecular flexibility index (Phi) is 9.20. The molecule has 4 N–H and O–H groups in total. The summed E-state index contributed by atoms with van der Waals surface area (Å²) in [5.41, 5.74) is 2.62. The summed E-state index contributed by atoms with van der Waals surface area (Å²) in [7, 11) is 0. The first-order valence-electron chi connectivity index (χ1n) is 12.7. The molecule has 0 spiro atoms. The van der Waals surface area contributed by atoms with Gasteiger partial charge in [0.05, 0.1) is 18.4 Å². The topological polar surface area (TPSA) is 153 Å². The molecule has 0 bridgehead atoms. The number of benzene rings is 2. The van der Waals surface area contributed by atoms with Crippen LogP contribution in [0, 0.1) is 6.92 Å². The van der Waals surface area contributed by atoms with Gasteiger partial charge in [0.15, 0.2) is 0 Å². The fourth-order valence-corrected chi connectivity index (χ4v) is 4.20. The fourth-order valence-electron chi connectivity index (χ4n) is 4.20. The second-order valence-electron chi connectivity index (χ2n) is 9.62. The van der Waals surface area contributed by atoms with E-state index in [4.69, 9.17) is 18.9 Å². The zero-order valence-corrected chi connectivity index (χ0v) is 22.0. The molecule has 1 aliphatic heterocycles. The maximum atomic E-state index is 13.0. The lowest BCUT2D eigenvalue weighted by molar-refractivity contribution is -0.278. The highest BCUT2D eigenvalue weighted by Crippen LogP contribution is 2.30. The molecule has 0 unspecified atom stereocenters. The van der Waals surface area contributed by atoms with Crippen LogP contribution < -0.4 is 9.47 Å². The highest BCUT2D eigenvalue weighted by atomic mass is 16.7. The summed E-state index contributed by atoms with van der Waals surface area (Å²) in [5, 5.41) is 44.6. The zero-order chi connectivity index (χ0) is 28.1. The minimum Gasteiger partial charge on any atom is -0.491 e. The van der Waals surface area contributed by atoms with Crippen LogP contribution in [0.15, 0.2) is 54.6 Å². The summed E-state index contributed by atoms with van der Waals surface area (Å²) in [6.07, 6.45) is -7.85. The van der Waals surface area contributed by atoms with Crippen LogP contribution in [0.4, 0.5) is 4.79 Å². The lowest BCUT2D eigenvalue weighted by Gasteiger charge is -2.39. The zero-order valence-electron chi connectivity index (χ0n) is 22.0. The normalized spacial score (nSPS) is 23.0. The van der Waals surface area contributed by atoms with Crippen molar-refractivity contribution in [1.82, 2.24) is 9.78 Å². The summed E-state index contributed by atoms with van der Waals surface area (Å²) >= 11 is 0. The molecule has 0 radical (unpaired) electrons. The van der Waals surface area contributed by atoms with Gasteiger partial charge in [0.2, 0.25) is 12.2 Å². The summed E-state index contributed by atoms with van der Waals surface area (Å²) < 4.78 is 23.6. The van der Waals surface area contributed by atoms with E-state index in [0.717, 1.165) is 15.8 Å². The molecular weight excluding hydrogens is 508 g/mol. The minimum atomic E-state index is -1.64. The van der Waals surface area contributed by atoms with Crippen molar-refractivity contribution in [2.45, 2.75) is 70.6 Å². The van der Waals surface area contributed by atoms with Crippen LogP contribution in [-0.4, -0.2) is 79.7 Å². The molecule has 4 rings (SSSR count). The molecule has 3 aromatic rings. The van der Waals surface area contributed by atoms with E-state index in [9.17, 15) is 25.2 Å². The van der Waals surface area contributed by atoms with E-state index in [1.165, 1.54) is 0 Å². The monoisotopic (exact) mass is 542 g/mol. The number of aliphatic hydroxyl groups is 4. The highest BCUT2D eigenvalue weighted by molar-refractivity contribution is 5.71. The minimum absolute atomic E-state index is 0.0248. The molecule has 2 aromatic carbocycles. The number of aliphatic hydroxyl groups excluding tert-OH is 4. The summed E-state index contributed by atoms with van der Waals surface area (Å²) in [5.74, 6) is 0.680. The molecule has 1 aliphatic rings. The van der Waals surface area contributed by atoms with Crippen LogP contribution in [0.1, 0.15) is 36.2 Å². The van der Waals surface area contributed by atoms with Crippen LogP contribution in [0.2, 0.25) is 0 Å². The number of carbonyl (C=O) groups excluding carboxylic acids is 1. The highest BCUT2D eigenvalue weighted by Gasteiger charge is 2.45. The first-order valence-corrected chi connectivity index (χ1v) is 12.7. The molecule has 5 atom stereocenters. The van der Waals surface area contributed by atoms with Gasteiger partial charge in [-0.15, -0.1) is 5.10 Å². The predicted octanol–water partition coefficient (Wildman–Crippen LogP) is 1.93. The molecule has 0 amide bonds. The van der Waals surface area contributed by atoms with E-state index in [1.54, 1.807) is 6.92 Å². The van der Waals surface area contributed by atoms with E-state index in [1.807, 2.05) is 68.4 Å². The third-order valence-electron chi connectivity index (χ3n) is 6.33. The molecular formula is C28H34N2O9. The Morgan fingerprint density at radius 1 is 1.00 bits per heavy atom. The van der Waals surface area contributed by atoms with E-state index in [-0.39, 0.29) is 18.6 Å². The smallest absolute Gasteiger partial charge is 0.435 e. The van der Waals surface area contributed by atoms with Crippen LogP contribution in [-0.2, 0) is 22.5 Å². The van der Waals surface area contributed by atoms with Crippen LogP contribution in [0.3, 0.4) is 0 Å². The van der Waals surface area contributed by atoms with E-state index >= 15 is 0 Å². The third-order valence-corrected chi connectivity index (χ3v) is 6.33. The fraction of sp³-hybridized carbons (Fsp3) is 0.429. The molecule has 11 heteroatoms. The summed E-state index contributed by atoms with van der Waals surface area (Å²) in [4.78, 5) is 13.0. The van der Waals surface area contributed by atoms with Crippen molar-refractivity contribution in [3.05, 3.63) is 77.0 Å². The van der Waals surface area contributed by atoms with Gasteiger partial charge < -0.3 is 39.4 Å². The lowest BCUT2D eigenvalue weighted by Crippen LogP contribution is -2.60. The molecule has 0 saturated carbocycles. The van der Waals surface area contributed by atoms with E-state index in [0.29, 0.717) is 23.4 Å². The number of aromatic nitrogens is 2. The Hall–Kier alpha value is -3.48. The maximum absolute atomic E-state index is 13.0. The van der Waals surface area contributed by atoms with Gasteiger partial charge >= 0.3 is 6.09 Å². The van der Waals surface area contributed by atoms with Crippen LogP contribution in [0.25, 0.3) is 0 Å². The van der Waals surface area contributed by atoms with Crippen LogP contribution >= 0.6 is 0 Å².